The lowest BCUT2D eigenvalue weighted by molar-refractivity contribution is -0.140. The van der Waals surface area contributed by atoms with Gasteiger partial charge in [0.1, 0.15) is 0 Å². The molecule has 0 aliphatic carbocycles. The zero-order valence-corrected chi connectivity index (χ0v) is 24.3. The monoisotopic (exact) mass is 588 g/mol. The second-order valence-corrected chi connectivity index (χ2v) is 9.21. The number of nitrogens with one attached hydrogen (secondary N) is 2. The molecule has 0 bridgehead atoms. The van der Waals surface area contributed by atoms with Gasteiger partial charge in [0.05, 0.1) is 65.0 Å². The van der Waals surface area contributed by atoms with Gasteiger partial charge in [-0.05, 0) is 12.8 Å². The maximum absolute atomic E-state index is 12.4. The molecule has 40 heavy (non-hydrogen) atoms. The van der Waals surface area contributed by atoms with Crippen LogP contribution in [0.25, 0.3) is 0 Å². The Labute approximate surface area is 244 Å². The molecule has 2 radical (unpaired) electrons. The van der Waals surface area contributed by atoms with Crippen LogP contribution in [0.2, 0.25) is 0 Å². The molecule has 0 aromatic rings. The van der Waals surface area contributed by atoms with E-state index in [1.165, 1.54) is 0 Å². The molecule has 4 amide bonds. The first-order chi connectivity index (χ1) is 19.5. The molecule has 0 aromatic carbocycles. The average molecular weight is 589 g/mol. The third kappa shape index (κ3) is 19.2. The number of rotatable bonds is 24. The van der Waals surface area contributed by atoms with Gasteiger partial charge in [0.25, 0.3) is 8.05 Å². The van der Waals surface area contributed by atoms with Crippen LogP contribution in [-0.2, 0) is 42.8 Å². The van der Waals surface area contributed by atoms with E-state index in [1.54, 1.807) is 9.80 Å². The minimum atomic E-state index is -0.152. The van der Waals surface area contributed by atoms with Crippen molar-refractivity contribution in [1.82, 2.24) is 20.4 Å². The second-order valence-electron chi connectivity index (χ2n) is 8.90. The highest BCUT2D eigenvalue weighted by Crippen LogP contribution is 2.07. The summed E-state index contributed by atoms with van der Waals surface area (Å²) >= 11 is 3.86. The fourth-order valence-corrected chi connectivity index (χ4v) is 3.72. The van der Waals surface area contributed by atoms with Crippen LogP contribution in [0.15, 0.2) is 0 Å². The summed E-state index contributed by atoms with van der Waals surface area (Å²) in [6.07, 6.45) is 2.10. The number of carbonyl (C=O) groups excluding carboxylic acids is 4. The molecule has 2 N–H and O–H groups in total. The van der Waals surface area contributed by atoms with E-state index in [1.807, 2.05) is 0 Å². The summed E-state index contributed by atoms with van der Waals surface area (Å²) in [6, 6.07) is 0. The van der Waals surface area contributed by atoms with Crippen molar-refractivity contribution in [3.8, 4) is 0 Å². The second kappa shape index (κ2) is 24.9. The first-order valence-electron chi connectivity index (χ1n) is 13.8. The minimum Gasteiger partial charge on any atom is -0.448 e. The number of unbranched alkanes of at least 4 members (excludes halogenated alkanes) is 1. The summed E-state index contributed by atoms with van der Waals surface area (Å²) in [5.74, 6) is -0.201. The van der Waals surface area contributed by atoms with Gasteiger partial charge in [-0.15, -0.1) is 0 Å². The Balaban J connectivity index is 1.93. The smallest absolute Gasteiger partial charge is 0.282 e. The standard InChI is InChI=1S/C25H45BN4O9S/c26-39-12-2-1-6-27-22(31)3-4-24(33)29-8-10-30(11-9-29)25(34)5-13-35-15-17-37-19-20-38-18-16-36-14-7-28-23(32)21-40/h40H,1-21H2,(H,27,31)(H,28,32). The van der Waals surface area contributed by atoms with Gasteiger partial charge in [-0.25, -0.2) is 0 Å². The lowest BCUT2D eigenvalue weighted by atomic mass is 10.2. The molecule has 0 atom stereocenters. The molecule has 1 aliphatic heterocycles. The molecule has 0 saturated carbocycles. The van der Waals surface area contributed by atoms with Crippen molar-refractivity contribution in [2.75, 3.05) is 104 Å². The lowest BCUT2D eigenvalue weighted by Gasteiger charge is -2.35. The number of hydrogen-bond acceptors (Lipinski definition) is 10. The normalized spacial score (nSPS) is 13.3. The van der Waals surface area contributed by atoms with Gasteiger partial charge in [-0.2, -0.15) is 12.6 Å². The van der Waals surface area contributed by atoms with Crippen LogP contribution in [0.3, 0.4) is 0 Å². The summed E-state index contributed by atoms with van der Waals surface area (Å²) in [5, 5.41) is 5.43. The first-order valence-corrected chi connectivity index (χ1v) is 14.4. The van der Waals surface area contributed by atoms with E-state index in [-0.39, 0.29) is 48.6 Å². The molecular formula is C25H45BN4O9S. The molecule has 0 aromatic heterocycles. The molecule has 1 fully saturated rings. The molecule has 1 heterocycles. The third-order valence-corrected chi connectivity index (χ3v) is 6.14. The largest absolute Gasteiger partial charge is 0.448 e. The van der Waals surface area contributed by atoms with E-state index in [0.29, 0.717) is 98.7 Å². The van der Waals surface area contributed by atoms with E-state index in [2.05, 4.69) is 27.9 Å². The van der Waals surface area contributed by atoms with Crippen molar-refractivity contribution in [3.05, 3.63) is 0 Å². The van der Waals surface area contributed by atoms with Gasteiger partial charge >= 0.3 is 0 Å². The maximum atomic E-state index is 12.4. The molecule has 15 heteroatoms. The number of thiol groups is 1. The van der Waals surface area contributed by atoms with E-state index < -0.39 is 0 Å². The van der Waals surface area contributed by atoms with Crippen LogP contribution >= 0.6 is 12.6 Å². The Morgan fingerprint density at radius 3 is 1.65 bits per heavy atom. The lowest BCUT2D eigenvalue weighted by Crippen LogP contribution is -2.50. The molecule has 0 unspecified atom stereocenters. The van der Waals surface area contributed by atoms with Gasteiger partial charge in [-0.3, -0.25) is 19.2 Å². The fraction of sp³-hybridized carbons (Fsp3) is 0.840. The maximum Gasteiger partial charge on any atom is 0.282 e. The number of amides is 4. The van der Waals surface area contributed by atoms with Gasteiger partial charge in [0.15, 0.2) is 0 Å². The highest BCUT2D eigenvalue weighted by atomic mass is 32.1. The first kappa shape index (κ1) is 36.1. The highest BCUT2D eigenvalue weighted by Gasteiger charge is 2.24. The number of piperazine rings is 1. The number of carbonyl (C=O) groups is 4. The van der Waals surface area contributed by atoms with Crippen LogP contribution in [0, 0.1) is 0 Å². The van der Waals surface area contributed by atoms with Gasteiger partial charge in [0.2, 0.25) is 23.6 Å². The number of nitrogens with zero attached hydrogens (tertiary/aromatic N) is 2. The summed E-state index contributed by atoms with van der Waals surface area (Å²) in [5.41, 5.74) is 0. The van der Waals surface area contributed by atoms with E-state index >= 15 is 0 Å². The predicted octanol–water partition coefficient (Wildman–Crippen LogP) is -1.06. The Kier molecular flexibility index (Phi) is 22.4. The topological polar surface area (TPSA) is 145 Å². The van der Waals surface area contributed by atoms with Crippen molar-refractivity contribution in [3.63, 3.8) is 0 Å². The average Bonchev–Trinajstić information content (AvgIpc) is 2.97. The summed E-state index contributed by atoms with van der Waals surface area (Å²) < 4.78 is 26.1. The van der Waals surface area contributed by atoms with Crippen LogP contribution in [0.5, 0.6) is 0 Å². The predicted molar refractivity (Wildman–Crippen MR) is 151 cm³/mol. The minimum absolute atomic E-state index is 0.00728. The molecule has 1 aliphatic rings. The number of ether oxygens (including phenoxy) is 4. The zero-order valence-electron chi connectivity index (χ0n) is 23.4. The summed E-state index contributed by atoms with van der Waals surface area (Å²) in [7, 11) is 4.95. The number of hydrogen-bond donors (Lipinski definition) is 3. The van der Waals surface area contributed by atoms with Crippen molar-refractivity contribution in [2.24, 2.45) is 0 Å². The third-order valence-electron chi connectivity index (χ3n) is 5.85. The summed E-state index contributed by atoms with van der Waals surface area (Å²) in [4.78, 5) is 51.1. The quantitative estimate of drug-likeness (QED) is 0.0730. The molecule has 0 spiro atoms. The Morgan fingerprint density at radius 2 is 1.10 bits per heavy atom. The zero-order chi connectivity index (χ0) is 29.3. The van der Waals surface area contributed by atoms with E-state index in [0.717, 1.165) is 12.8 Å². The van der Waals surface area contributed by atoms with Crippen LogP contribution < -0.4 is 10.6 Å². The van der Waals surface area contributed by atoms with E-state index in [4.69, 9.17) is 27.0 Å². The summed E-state index contributed by atoms with van der Waals surface area (Å²) in [6.45, 7) is 6.54. The molecule has 1 rings (SSSR count). The highest BCUT2D eigenvalue weighted by molar-refractivity contribution is 7.81. The van der Waals surface area contributed by atoms with Crippen LogP contribution in [0.4, 0.5) is 0 Å². The van der Waals surface area contributed by atoms with Crippen molar-refractivity contribution < 1.29 is 42.8 Å². The van der Waals surface area contributed by atoms with Crippen LogP contribution in [-0.4, -0.2) is 146 Å². The SMILES string of the molecule is [B]OCCCCNC(=O)CCC(=O)N1CCN(C(=O)CCOCCOCCOCCOCCNC(=O)CS)CC1. The van der Waals surface area contributed by atoms with Crippen molar-refractivity contribution >= 4 is 44.3 Å². The Bertz CT molecular complexity index is 716. The Hall–Kier alpha value is -1.91. The Morgan fingerprint density at radius 1 is 0.600 bits per heavy atom. The van der Waals surface area contributed by atoms with Gasteiger partial charge in [0, 0.05) is 58.7 Å². The fourth-order valence-electron chi connectivity index (χ4n) is 3.61. The van der Waals surface area contributed by atoms with Gasteiger partial charge in [-0.1, -0.05) is 0 Å². The molecule has 13 nitrogen and oxygen atoms in total. The molecule has 1 saturated heterocycles. The van der Waals surface area contributed by atoms with E-state index in [9.17, 15) is 19.2 Å². The molecular weight excluding hydrogens is 543 g/mol. The van der Waals surface area contributed by atoms with Crippen molar-refractivity contribution in [2.45, 2.75) is 32.1 Å². The van der Waals surface area contributed by atoms with Gasteiger partial charge < -0.3 is 44.0 Å². The molecule has 228 valence electrons. The van der Waals surface area contributed by atoms with Crippen LogP contribution in [0.1, 0.15) is 32.1 Å². The van der Waals surface area contributed by atoms with Crippen molar-refractivity contribution in [1.29, 1.82) is 0 Å².